The van der Waals surface area contributed by atoms with Crippen molar-refractivity contribution in [1.29, 1.82) is 0 Å². The van der Waals surface area contributed by atoms with Crippen LogP contribution < -0.4 is 0 Å². The van der Waals surface area contributed by atoms with E-state index in [1.54, 1.807) is 0 Å². The average molecular weight is 266 g/mol. The second kappa shape index (κ2) is 4.93. The van der Waals surface area contributed by atoms with Crippen LogP contribution in [0.15, 0.2) is 11.3 Å². The summed E-state index contributed by atoms with van der Waals surface area (Å²) in [7, 11) is 0. The van der Waals surface area contributed by atoms with Gasteiger partial charge in [-0.25, -0.2) is 0 Å². The fourth-order valence-electron chi connectivity index (χ4n) is 2.86. The van der Waals surface area contributed by atoms with Gasteiger partial charge in [-0.3, -0.25) is 4.79 Å². The minimum absolute atomic E-state index is 0.00366. The first kappa shape index (κ1) is 14.6. The van der Waals surface area contributed by atoms with Gasteiger partial charge in [0, 0.05) is 18.8 Å². The van der Waals surface area contributed by atoms with E-state index < -0.39 is 0 Å². The summed E-state index contributed by atoms with van der Waals surface area (Å²) in [5, 5.41) is 0. The molecule has 0 fully saturated rings. The second-order valence-corrected chi connectivity index (χ2v) is 7.31. The summed E-state index contributed by atoms with van der Waals surface area (Å²) in [6.07, 6.45) is 1.09. The molecule has 2 atom stereocenters. The molecule has 1 aliphatic carbocycles. The molecule has 0 aromatic rings. The van der Waals surface area contributed by atoms with Crippen LogP contribution in [0.5, 0.6) is 0 Å². The molecule has 0 saturated heterocycles. The lowest BCUT2D eigenvalue weighted by molar-refractivity contribution is -0.197. The lowest BCUT2D eigenvalue weighted by atomic mass is 9.74. The molecule has 3 nitrogen and oxygen atoms in total. The summed E-state index contributed by atoms with van der Waals surface area (Å²) in [6.45, 7) is 12.6. The van der Waals surface area contributed by atoms with Gasteiger partial charge in [0.2, 0.25) is 6.29 Å². The van der Waals surface area contributed by atoms with Gasteiger partial charge < -0.3 is 9.47 Å². The van der Waals surface area contributed by atoms with Crippen molar-refractivity contribution in [3.8, 4) is 0 Å². The van der Waals surface area contributed by atoms with Crippen molar-refractivity contribution in [1.82, 2.24) is 0 Å². The molecule has 0 aromatic carbocycles. The normalized spacial score (nSPS) is 30.6. The van der Waals surface area contributed by atoms with Crippen molar-refractivity contribution in [2.24, 2.45) is 17.3 Å². The summed E-state index contributed by atoms with van der Waals surface area (Å²) in [6, 6.07) is 0. The fourth-order valence-corrected chi connectivity index (χ4v) is 2.86. The molecular formula is C16H26O3. The van der Waals surface area contributed by atoms with Gasteiger partial charge in [0.05, 0.1) is 11.7 Å². The van der Waals surface area contributed by atoms with Crippen LogP contribution >= 0.6 is 0 Å². The third-order valence-corrected chi connectivity index (χ3v) is 3.85. The zero-order chi connectivity index (χ0) is 14.4. The third kappa shape index (κ3) is 2.86. The molecule has 108 valence electrons. The molecule has 3 heteroatoms. The van der Waals surface area contributed by atoms with Crippen molar-refractivity contribution >= 4 is 5.78 Å². The summed E-state index contributed by atoms with van der Waals surface area (Å²) in [4.78, 5) is 12.4. The van der Waals surface area contributed by atoms with E-state index in [1.807, 2.05) is 0 Å². The number of carbonyl (C=O) groups excluding carboxylic acids is 1. The van der Waals surface area contributed by atoms with E-state index in [0.29, 0.717) is 12.3 Å². The van der Waals surface area contributed by atoms with Crippen LogP contribution in [0.1, 0.15) is 54.4 Å². The Bertz CT molecular complexity index is 404. The molecule has 0 saturated carbocycles. The predicted octanol–water partition coefficient (Wildman–Crippen LogP) is 3.68. The van der Waals surface area contributed by atoms with Gasteiger partial charge >= 0.3 is 0 Å². The Labute approximate surface area is 116 Å². The van der Waals surface area contributed by atoms with Gasteiger partial charge in [0.25, 0.3) is 0 Å². The van der Waals surface area contributed by atoms with Crippen LogP contribution in [0.4, 0.5) is 0 Å². The SMILES string of the molecule is CC(C)C1OC2=C(C(=O)CC(C)(C)C2)C(C(C)C)O1. The Hall–Kier alpha value is -0.830. The predicted molar refractivity (Wildman–Crippen MR) is 74.5 cm³/mol. The maximum atomic E-state index is 12.4. The number of ketones is 1. The summed E-state index contributed by atoms with van der Waals surface area (Å²) in [5.74, 6) is 1.66. The first-order chi connectivity index (χ1) is 8.71. The highest BCUT2D eigenvalue weighted by molar-refractivity contribution is 5.98. The number of hydrogen-bond acceptors (Lipinski definition) is 3. The van der Waals surface area contributed by atoms with E-state index in [4.69, 9.17) is 9.47 Å². The zero-order valence-electron chi connectivity index (χ0n) is 12.9. The number of Topliss-reactive ketones (excluding diaryl/α,β-unsaturated/α-hetero) is 1. The second-order valence-electron chi connectivity index (χ2n) is 7.31. The number of allylic oxidation sites excluding steroid dienone is 1. The first-order valence-corrected chi connectivity index (χ1v) is 7.29. The molecule has 2 rings (SSSR count). The topological polar surface area (TPSA) is 35.5 Å². The first-order valence-electron chi connectivity index (χ1n) is 7.29. The third-order valence-electron chi connectivity index (χ3n) is 3.85. The minimum atomic E-state index is -0.229. The van der Waals surface area contributed by atoms with Crippen LogP contribution in [0.2, 0.25) is 0 Å². The Morgan fingerprint density at radius 2 is 1.74 bits per heavy atom. The number of carbonyl (C=O) groups is 1. The van der Waals surface area contributed by atoms with E-state index in [1.165, 1.54) is 0 Å². The van der Waals surface area contributed by atoms with E-state index in [-0.39, 0.29) is 29.5 Å². The lowest BCUT2D eigenvalue weighted by Crippen LogP contribution is -2.44. The largest absolute Gasteiger partial charge is 0.468 e. The molecule has 2 aliphatic rings. The molecular weight excluding hydrogens is 240 g/mol. The van der Waals surface area contributed by atoms with E-state index >= 15 is 0 Å². The van der Waals surface area contributed by atoms with Crippen LogP contribution in [0, 0.1) is 17.3 Å². The van der Waals surface area contributed by atoms with Crippen LogP contribution in [0.25, 0.3) is 0 Å². The Morgan fingerprint density at radius 1 is 1.11 bits per heavy atom. The Morgan fingerprint density at radius 3 is 2.26 bits per heavy atom. The summed E-state index contributed by atoms with van der Waals surface area (Å²) in [5.41, 5.74) is 0.794. The van der Waals surface area contributed by atoms with E-state index in [0.717, 1.165) is 17.8 Å². The van der Waals surface area contributed by atoms with Crippen LogP contribution in [-0.2, 0) is 14.3 Å². The molecule has 2 unspecified atom stereocenters. The molecule has 0 N–H and O–H groups in total. The van der Waals surface area contributed by atoms with E-state index in [2.05, 4.69) is 41.5 Å². The van der Waals surface area contributed by atoms with Crippen molar-refractivity contribution in [2.45, 2.75) is 66.8 Å². The smallest absolute Gasteiger partial charge is 0.202 e. The molecule has 0 bridgehead atoms. The molecule has 1 aliphatic heterocycles. The standard InChI is InChI=1S/C16H26O3/c1-9(2)14-13-11(17)7-16(5,6)8-12(13)18-15(19-14)10(3)4/h9-10,14-15H,7-8H2,1-6H3. The maximum Gasteiger partial charge on any atom is 0.202 e. The Balaban J connectivity index is 2.39. The molecule has 0 amide bonds. The molecule has 0 spiro atoms. The molecule has 1 heterocycles. The number of ether oxygens (including phenoxy) is 2. The monoisotopic (exact) mass is 266 g/mol. The van der Waals surface area contributed by atoms with Gasteiger partial charge in [-0.2, -0.15) is 0 Å². The highest BCUT2D eigenvalue weighted by Gasteiger charge is 2.43. The maximum absolute atomic E-state index is 12.4. The highest BCUT2D eigenvalue weighted by atomic mass is 16.7. The molecule has 19 heavy (non-hydrogen) atoms. The molecule has 0 aromatic heterocycles. The van der Waals surface area contributed by atoms with Crippen LogP contribution in [0.3, 0.4) is 0 Å². The van der Waals surface area contributed by atoms with Crippen molar-refractivity contribution in [3.63, 3.8) is 0 Å². The van der Waals surface area contributed by atoms with Gasteiger partial charge in [0.1, 0.15) is 5.76 Å². The van der Waals surface area contributed by atoms with Crippen LogP contribution in [-0.4, -0.2) is 18.2 Å². The number of rotatable bonds is 2. The van der Waals surface area contributed by atoms with Crippen molar-refractivity contribution < 1.29 is 14.3 Å². The lowest BCUT2D eigenvalue weighted by Gasteiger charge is -2.42. The van der Waals surface area contributed by atoms with Gasteiger partial charge in [-0.05, 0) is 11.3 Å². The Kier molecular flexibility index (Phi) is 3.78. The van der Waals surface area contributed by atoms with Crippen molar-refractivity contribution in [3.05, 3.63) is 11.3 Å². The molecule has 0 radical (unpaired) electrons. The van der Waals surface area contributed by atoms with Gasteiger partial charge in [-0.15, -0.1) is 0 Å². The zero-order valence-corrected chi connectivity index (χ0v) is 12.9. The van der Waals surface area contributed by atoms with Gasteiger partial charge in [-0.1, -0.05) is 41.5 Å². The minimum Gasteiger partial charge on any atom is -0.468 e. The highest BCUT2D eigenvalue weighted by Crippen LogP contribution is 2.43. The number of hydrogen-bond donors (Lipinski definition) is 0. The van der Waals surface area contributed by atoms with Crippen molar-refractivity contribution in [2.75, 3.05) is 0 Å². The van der Waals surface area contributed by atoms with E-state index in [9.17, 15) is 4.79 Å². The van der Waals surface area contributed by atoms with Gasteiger partial charge in [0.15, 0.2) is 5.78 Å². The quantitative estimate of drug-likeness (QED) is 0.764. The average Bonchev–Trinajstić information content (AvgIpc) is 2.24. The fraction of sp³-hybridized carbons (Fsp3) is 0.812. The summed E-state index contributed by atoms with van der Waals surface area (Å²) >= 11 is 0. The summed E-state index contributed by atoms with van der Waals surface area (Å²) < 4.78 is 12.0.